The van der Waals surface area contributed by atoms with E-state index in [4.69, 9.17) is 4.74 Å². The predicted molar refractivity (Wildman–Crippen MR) is 87.6 cm³/mol. The van der Waals surface area contributed by atoms with Crippen molar-refractivity contribution in [1.82, 2.24) is 4.90 Å². The standard InChI is InChI=1S/C18H20N2O2/c1-22-17-9-5-8-16(14-17)19-10-12-20(13-11-19)18(21)15-6-3-2-4-7-15/h2-9,14H,10-13H2,1H3. The van der Waals surface area contributed by atoms with Crippen molar-refractivity contribution >= 4 is 11.6 Å². The van der Waals surface area contributed by atoms with E-state index in [-0.39, 0.29) is 5.91 Å². The number of rotatable bonds is 3. The molecule has 4 heteroatoms. The van der Waals surface area contributed by atoms with E-state index in [9.17, 15) is 4.79 Å². The maximum absolute atomic E-state index is 12.4. The quantitative estimate of drug-likeness (QED) is 0.873. The molecule has 3 rings (SSSR count). The summed E-state index contributed by atoms with van der Waals surface area (Å²) in [6.45, 7) is 3.16. The van der Waals surface area contributed by atoms with Crippen molar-refractivity contribution in [3.63, 3.8) is 0 Å². The van der Waals surface area contributed by atoms with Crippen LogP contribution in [-0.4, -0.2) is 44.1 Å². The molecule has 1 aliphatic heterocycles. The molecule has 0 radical (unpaired) electrons. The van der Waals surface area contributed by atoms with E-state index in [1.54, 1.807) is 7.11 Å². The highest BCUT2D eigenvalue weighted by Gasteiger charge is 2.22. The Hall–Kier alpha value is -2.49. The van der Waals surface area contributed by atoms with E-state index in [0.29, 0.717) is 0 Å². The largest absolute Gasteiger partial charge is 0.497 e. The first-order valence-electron chi connectivity index (χ1n) is 7.51. The monoisotopic (exact) mass is 296 g/mol. The number of ether oxygens (including phenoxy) is 1. The molecule has 0 spiro atoms. The lowest BCUT2D eigenvalue weighted by Crippen LogP contribution is -2.48. The van der Waals surface area contributed by atoms with Crippen molar-refractivity contribution in [3.8, 4) is 5.75 Å². The number of carbonyl (C=O) groups is 1. The van der Waals surface area contributed by atoms with Gasteiger partial charge in [-0.3, -0.25) is 4.79 Å². The van der Waals surface area contributed by atoms with Gasteiger partial charge in [0.15, 0.2) is 0 Å². The van der Waals surface area contributed by atoms with Gasteiger partial charge in [0, 0.05) is 43.5 Å². The molecule has 0 N–H and O–H groups in total. The number of benzene rings is 2. The number of hydrogen-bond acceptors (Lipinski definition) is 3. The molecule has 0 aromatic heterocycles. The van der Waals surface area contributed by atoms with Crippen LogP contribution in [0.25, 0.3) is 0 Å². The summed E-state index contributed by atoms with van der Waals surface area (Å²) in [4.78, 5) is 16.6. The van der Waals surface area contributed by atoms with Gasteiger partial charge in [-0.25, -0.2) is 0 Å². The highest BCUT2D eigenvalue weighted by Crippen LogP contribution is 2.22. The van der Waals surface area contributed by atoms with Crippen molar-refractivity contribution < 1.29 is 9.53 Å². The van der Waals surface area contributed by atoms with Gasteiger partial charge in [0.25, 0.3) is 5.91 Å². The topological polar surface area (TPSA) is 32.8 Å². The highest BCUT2D eigenvalue weighted by molar-refractivity contribution is 5.94. The number of anilines is 1. The molecule has 114 valence electrons. The molecule has 0 atom stereocenters. The molecule has 2 aromatic rings. The first-order valence-corrected chi connectivity index (χ1v) is 7.51. The second-order valence-electron chi connectivity index (χ2n) is 5.35. The van der Waals surface area contributed by atoms with E-state index in [2.05, 4.69) is 11.0 Å². The summed E-state index contributed by atoms with van der Waals surface area (Å²) in [7, 11) is 1.68. The third-order valence-corrected chi connectivity index (χ3v) is 4.01. The lowest BCUT2D eigenvalue weighted by atomic mass is 10.1. The molecule has 1 aliphatic rings. The van der Waals surface area contributed by atoms with E-state index in [0.717, 1.165) is 43.2 Å². The molecule has 22 heavy (non-hydrogen) atoms. The maximum Gasteiger partial charge on any atom is 0.253 e. The number of amides is 1. The summed E-state index contributed by atoms with van der Waals surface area (Å²) in [5.74, 6) is 0.978. The molecule has 1 amide bonds. The van der Waals surface area contributed by atoms with E-state index < -0.39 is 0 Å². The van der Waals surface area contributed by atoms with Crippen molar-refractivity contribution in [1.29, 1.82) is 0 Å². The Kier molecular flexibility index (Phi) is 4.28. The number of piperazine rings is 1. The predicted octanol–water partition coefficient (Wildman–Crippen LogP) is 2.66. The average molecular weight is 296 g/mol. The third-order valence-electron chi connectivity index (χ3n) is 4.01. The molecular formula is C18H20N2O2. The summed E-state index contributed by atoms with van der Waals surface area (Å²) < 4.78 is 5.27. The van der Waals surface area contributed by atoms with Crippen LogP contribution in [-0.2, 0) is 0 Å². The first kappa shape index (κ1) is 14.4. The van der Waals surface area contributed by atoms with Crippen LogP contribution in [0.3, 0.4) is 0 Å². The number of nitrogens with zero attached hydrogens (tertiary/aromatic N) is 2. The van der Waals surface area contributed by atoms with Crippen LogP contribution in [0, 0.1) is 0 Å². The van der Waals surface area contributed by atoms with Crippen molar-refractivity contribution in [2.45, 2.75) is 0 Å². The minimum absolute atomic E-state index is 0.117. The normalized spacial score (nSPS) is 14.8. The van der Waals surface area contributed by atoms with E-state index in [1.807, 2.05) is 53.4 Å². The molecule has 0 saturated carbocycles. The van der Waals surface area contributed by atoms with Gasteiger partial charge < -0.3 is 14.5 Å². The summed E-state index contributed by atoms with van der Waals surface area (Å²) in [6, 6.07) is 17.5. The van der Waals surface area contributed by atoms with Gasteiger partial charge >= 0.3 is 0 Å². The van der Waals surface area contributed by atoms with Crippen LogP contribution < -0.4 is 9.64 Å². The Labute approximate surface area is 130 Å². The summed E-state index contributed by atoms with van der Waals surface area (Å²) in [5.41, 5.74) is 1.91. The van der Waals surface area contributed by atoms with Crippen LogP contribution in [0.4, 0.5) is 5.69 Å². The lowest BCUT2D eigenvalue weighted by Gasteiger charge is -2.36. The Bertz CT molecular complexity index is 635. The molecule has 1 heterocycles. The average Bonchev–Trinajstić information content (AvgIpc) is 2.62. The fourth-order valence-corrected chi connectivity index (χ4v) is 2.74. The Balaban J connectivity index is 1.64. The molecule has 1 fully saturated rings. The fraction of sp³-hybridized carbons (Fsp3) is 0.278. The maximum atomic E-state index is 12.4. The van der Waals surface area contributed by atoms with Gasteiger partial charge in [0.05, 0.1) is 7.11 Å². The van der Waals surface area contributed by atoms with Crippen LogP contribution in [0.1, 0.15) is 10.4 Å². The fourth-order valence-electron chi connectivity index (χ4n) is 2.74. The van der Waals surface area contributed by atoms with Crippen LogP contribution in [0.15, 0.2) is 54.6 Å². The van der Waals surface area contributed by atoms with Crippen LogP contribution in [0.2, 0.25) is 0 Å². The molecule has 4 nitrogen and oxygen atoms in total. The zero-order valence-electron chi connectivity index (χ0n) is 12.7. The molecule has 0 bridgehead atoms. The van der Waals surface area contributed by atoms with Gasteiger partial charge in [-0.05, 0) is 24.3 Å². The Morgan fingerprint density at radius 1 is 0.955 bits per heavy atom. The molecule has 0 unspecified atom stereocenters. The van der Waals surface area contributed by atoms with Crippen molar-refractivity contribution in [2.24, 2.45) is 0 Å². The van der Waals surface area contributed by atoms with Gasteiger partial charge in [-0.1, -0.05) is 24.3 Å². The minimum Gasteiger partial charge on any atom is -0.497 e. The number of carbonyl (C=O) groups excluding carboxylic acids is 1. The van der Waals surface area contributed by atoms with Crippen molar-refractivity contribution in [2.75, 3.05) is 38.2 Å². The smallest absolute Gasteiger partial charge is 0.253 e. The van der Waals surface area contributed by atoms with Gasteiger partial charge in [0.2, 0.25) is 0 Å². The number of methoxy groups -OCH3 is 1. The third kappa shape index (κ3) is 3.06. The SMILES string of the molecule is COc1cccc(N2CCN(C(=O)c3ccccc3)CC2)c1. The number of hydrogen-bond donors (Lipinski definition) is 0. The summed E-state index contributed by atoms with van der Waals surface area (Å²) in [5, 5.41) is 0. The summed E-state index contributed by atoms with van der Waals surface area (Å²) >= 11 is 0. The molecule has 0 aliphatic carbocycles. The van der Waals surface area contributed by atoms with E-state index in [1.165, 1.54) is 0 Å². The Morgan fingerprint density at radius 3 is 2.36 bits per heavy atom. The highest BCUT2D eigenvalue weighted by atomic mass is 16.5. The molecule has 2 aromatic carbocycles. The summed E-state index contributed by atoms with van der Waals surface area (Å²) in [6.07, 6.45) is 0. The van der Waals surface area contributed by atoms with Crippen molar-refractivity contribution in [3.05, 3.63) is 60.2 Å². The second-order valence-corrected chi connectivity index (χ2v) is 5.35. The zero-order chi connectivity index (χ0) is 15.4. The first-order chi connectivity index (χ1) is 10.8. The van der Waals surface area contributed by atoms with Gasteiger partial charge in [0.1, 0.15) is 5.75 Å². The minimum atomic E-state index is 0.117. The van der Waals surface area contributed by atoms with Gasteiger partial charge in [-0.2, -0.15) is 0 Å². The van der Waals surface area contributed by atoms with Crippen LogP contribution >= 0.6 is 0 Å². The van der Waals surface area contributed by atoms with Gasteiger partial charge in [-0.15, -0.1) is 0 Å². The molecule has 1 saturated heterocycles. The lowest BCUT2D eigenvalue weighted by molar-refractivity contribution is 0.0747. The van der Waals surface area contributed by atoms with Crippen LogP contribution in [0.5, 0.6) is 5.75 Å². The zero-order valence-corrected chi connectivity index (χ0v) is 12.7. The second kappa shape index (κ2) is 6.52. The Morgan fingerprint density at radius 2 is 1.68 bits per heavy atom. The molecular weight excluding hydrogens is 276 g/mol. The van der Waals surface area contributed by atoms with E-state index >= 15 is 0 Å².